The minimum absolute atomic E-state index is 0.199. The van der Waals surface area contributed by atoms with Crippen LogP contribution >= 0.6 is 0 Å². The minimum atomic E-state index is -1.18. The van der Waals surface area contributed by atoms with E-state index in [1.165, 1.54) is 12.1 Å². The van der Waals surface area contributed by atoms with E-state index >= 15 is 0 Å². The first-order chi connectivity index (χ1) is 8.77. The van der Waals surface area contributed by atoms with Crippen LogP contribution in [0.5, 0.6) is 0 Å². The molecule has 19 heavy (non-hydrogen) atoms. The van der Waals surface area contributed by atoms with Gasteiger partial charge in [-0.25, -0.2) is 4.39 Å². The molecule has 1 unspecified atom stereocenters. The van der Waals surface area contributed by atoms with Gasteiger partial charge in [0, 0.05) is 16.7 Å². The zero-order valence-electron chi connectivity index (χ0n) is 11.5. The smallest absolute Gasteiger partial charge is 0.136 e. The van der Waals surface area contributed by atoms with Crippen LogP contribution in [0.3, 0.4) is 0 Å². The van der Waals surface area contributed by atoms with Crippen LogP contribution in [-0.4, -0.2) is 9.30 Å². The SMILES string of the molecule is CC(N[S@+]([O-])C(C)(C)C)c1cc2cc(F)ccc2o1. The molecule has 104 valence electrons. The molecular formula is C14H18FNO2S. The van der Waals surface area contributed by atoms with E-state index in [2.05, 4.69) is 4.72 Å². The molecular weight excluding hydrogens is 265 g/mol. The molecule has 0 saturated carbocycles. The van der Waals surface area contributed by atoms with Crippen LogP contribution < -0.4 is 4.72 Å². The van der Waals surface area contributed by atoms with Crippen molar-refractivity contribution in [2.24, 2.45) is 0 Å². The van der Waals surface area contributed by atoms with Crippen LogP contribution in [0.15, 0.2) is 28.7 Å². The molecule has 1 N–H and O–H groups in total. The van der Waals surface area contributed by atoms with E-state index in [0.29, 0.717) is 16.7 Å². The molecule has 0 fully saturated rings. The molecule has 1 aromatic heterocycles. The normalized spacial score (nSPS) is 15.7. The molecule has 0 aliphatic carbocycles. The molecule has 0 spiro atoms. The lowest BCUT2D eigenvalue weighted by molar-refractivity contribution is 0.475. The molecule has 0 amide bonds. The molecule has 0 radical (unpaired) electrons. The van der Waals surface area contributed by atoms with Gasteiger partial charge in [-0.1, -0.05) is 0 Å². The van der Waals surface area contributed by atoms with Crippen LogP contribution in [0.2, 0.25) is 0 Å². The Bertz CT molecular complexity index is 576. The zero-order chi connectivity index (χ0) is 14.2. The highest BCUT2D eigenvalue weighted by molar-refractivity contribution is 7.90. The van der Waals surface area contributed by atoms with E-state index < -0.39 is 11.4 Å². The Labute approximate surface area is 115 Å². The Balaban J connectivity index is 2.20. The van der Waals surface area contributed by atoms with Crippen LogP contribution in [0.25, 0.3) is 11.0 Å². The van der Waals surface area contributed by atoms with Gasteiger partial charge in [-0.2, -0.15) is 0 Å². The summed E-state index contributed by atoms with van der Waals surface area (Å²) >= 11 is -1.18. The van der Waals surface area contributed by atoms with Crippen molar-refractivity contribution in [3.63, 3.8) is 0 Å². The number of nitrogens with one attached hydrogen (secondary N) is 1. The molecule has 1 aromatic carbocycles. The molecule has 2 rings (SSSR count). The summed E-state index contributed by atoms with van der Waals surface area (Å²) in [5.41, 5.74) is 0.631. The maximum atomic E-state index is 13.1. The maximum Gasteiger partial charge on any atom is 0.136 e. The summed E-state index contributed by atoms with van der Waals surface area (Å²) in [4.78, 5) is 0. The van der Waals surface area contributed by atoms with Gasteiger partial charge in [0.15, 0.2) is 0 Å². The van der Waals surface area contributed by atoms with Crippen molar-refractivity contribution in [2.45, 2.75) is 38.5 Å². The highest BCUT2D eigenvalue weighted by Gasteiger charge is 2.29. The molecule has 2 atom stereocenters. The summed E-state index contributed by atoms with van der Waals surface area (Å²) in [7, 11) is 0. The summed E-state index contributed by atoms with van der Waals surface area (Å²) in [6.45, 7) is 7.57. The molecule has 0 aliphatic heterocycles. The minimum Gasteiger partial charge on any atom is -0.598 e. The Morgan fingerprint density at radius 1 is 1.32 bits per heavy atom. The second kappa shape index (κ2) is 5.15. The second-order valence-corrected chi connectivity index (χ2v) is 7.55. The second-order valence-electron chi connectivity index (χ2n) is 5.55. The predicted molar refractivity (Wildman–Crippen MR) is 75.6 cm³/mol. The largest absolute Gasteiger partial charge is 0.598 e. The number of furan rings is 1. The van der Waals surface area contributed by atoms with Crippen molar-refractivity contribution in [2.75, 3.05) is 0 Å². The number of hydrogen-bond donors (Lipinski definition) is 1. The van der Waals surface area contributed by atoms with Gasteiger partial charge in [-0.05, 0) is 52.0 Å². The van der Waals surface area contributed by atoms with E-state index in [1.807, 2.05) is 27.7 Å². The summed E-state index contributed by atoms with van der Waals surface area (Å²) in [5, 5.41) is 0.713. The lowest BCUT2D eigenvalue weighted by Crippen LogP contribution is -2.40. The van der Waals surface area contributed by atoms with Crippen molar-refractivity contribution >= 4 is 22.3 Å². The van der Waals surface area contributed by atoms with Gasteiger partial charge in [-0.3, -0.25) is 0 Å². The Hall–Kier alpha value is -1.04. The van der Waals surface area contributed by atoms with Crippen molar-refractivity contribution in [1.82, 2.24) is 4.72 Å². The Morgan fingerprint density at radius 2 is 2.00 bits per heavy atom. The van der Waals surface area contributed by atoms with Crippen LogP contribution in [0.1, 0.15) is 39.5 Å². The number of rotatable bonds is 3. The highest BCUT2D eigenvalue weighted by Crippen LogP contribution is 2.26. The standard InChI is InChI=1S/C14H18FNO2S/c1-9(16-19(17)14(2,3)4)13-8-10-7-11(15)5-6-12(10)18-13/h5-9,16H,1-4H3/t9?,19-/m1/s1. The number of fused-ring (bicyclic) bond motifs is 1. The van der Waals surface area contributed by atoms with Gasteiger partial charge in [0.25, 0.3) is 0 Å². The first-order valence-electron chi connectivity index (χ1n) is 6.14. The average molecular weight is 283 g/mol. The molecule has 5 heteroatoms. The molecule has 0 bridgehead atoms. The lowest BCUT2D eigenvalue weighted by Gasteiger charge is -2.25. The van der Waals surface area contributed by atoms with E-state index in [9.17, 15) is 8.94 Å². The summed E-state index contributed by atoms with van der Waals surface area (Å²) in [5.74, 6) is 0.358. The van der Waals surface area contributed by atoms with E-state index in [0.717, 1.165) is 0 Å². The Morgan fingerprint density at radius 3 is 2.63 bits per heavy atom. The van der Waals surface area contributed by atoms with Crippen molar-refractivity contribution in [3.8, 4) is 0 Å². The summed E-state index contributed by atoms with van der Waals surface area (Å²) in [6.07, 6.45) is 0. The molecule has 0 aliphatic rings. The highest BCUT2D eigenvalue weighted by atomic mass is 32.2. The fraction of sp³-hybridized carbons (Fsp3) is 0.429. The van der Waals surface area contributed by atoms with Crippen molar-refractivity contribution < 1.29 is 13.4 Å². The predicted octanol–water partition coefficient (Wildman–Crippen LogP) is 3.68. The first kappa shape index (κ1) is 14.4. The van der Waals surface area contributed by atoms with Gasteiger partial charge < -0.3 is 8.97 Å². The van der Waals surface area contributed by atoms with Crippen LogP contribution in [-0.2, 0) is 11.4 Å². The van der Waals surface area contributed by atoms with Crippen molar-refractivity contribution in [1.29, 1.82) is 0 Å². The first-order valence-corrected chi connectivity index (χ1v) is 7.29. The van der Waals surface area contributed by atoms with Crippen LogP contribution in [0, 0.1) is 5.82 Å². The molecule has 3 nitrogen and oxygen atoms in total. The van der Waals surface area contributed by atoms with Gasteiger partial charge in [0.1, 0.15) is 27.9 Å². The van der Waals surface area contributed by atoms with Gasteiger partial charge in [0.05, 0.1) is 0 Å². The zero-order valence-corrected chi connectivity index (χ0v) is 12.3. The number of benzene rings is 1. The quantitative estimate of drug-likeness (QED) is 0.874. The van der Waals surface area contributed by atoms with E-state index in [1.54, 1.807) is 12.1 Å². The van der Waals surface area contributed by atoms with E-state index in [-0.39, 0.29) is 16.6 Å². The number of hydrogen-bond acceptors (Lipinski definition) is 3. The van der Waals surface area contributed by atoms with Gasteiger partial charge >= 0.3 is 0 Å². The average Bonchev–Trinajstić information content (AvgIpc) is 2.70. The van der Waals surface area contributed by atoms with Gasteiger partial charge in [0.2, 0.25) is 0 Å². The third-order valence-electron chi connectivity index (χ3n) is 2.76. The third-order valence-corrected chi connectivity index (χ3v) is 4.44. The lowest BCUT2D eigenvalue weighted by atomic mass is 10.2. The fourth-order valence-electron chi connectivity index (χ4n) is 1.64. The summed E-state index contributed by atoms with van der Waals surface area (Å²) < 4.78 is 33.4. The Kier molecular flexibility index (Phi) is 3.90. The third kappa shape index (κ3) is 3.29. The topological polar surface area (TPSA) is 48.2 Å². The monoisotopic (exact) mass is 283 g/mol. The summed E-state index contributed by atoms with van der Waals surface area (Å²) in [6, 6.07) is 5.96. The fourth-order valence-corrected chi connectivity index (χ4v) is 2.43. The maximum absolute atomic E-state index is 13.1. The van der Waals surface area contributed by atoms with Gasteiger partial charge in [-0.15, -0.1) is 4.72 Å². The molecule has 0 saturated heterocycles. The molecule has 2 aromatic rings. The van der Waals surface area contributed by atoms with E-state index in [4.69, 9.17) is 4.42 Å². The van der Waals surface area contributed by atoms with Crippen molar-refractivity contribution in [3.05, 3.63) is 35.8 Å². The number of halogens is 1. The molecule has 1 heterocycles. The van der Waals surface area contributed by atoms with Crippen LogP contribution in [0.4, 0.5) is 4.39 Å².